The second kappa shape index (κ2) is 7.35. The second-order valence-electron chi connectivity index (χ2n) is 8.30. The number of likely N-dealkylation sites (tertiary alicyclic amines) is 1. The van der Waals surface area contributed by atoms with E-state index in [4.69, 9.17) is 0 Å². The fourth-order valence-corrected chi connectivity index (χ4v) is 4.48. The first-order chi connectivity index (χ1) is 14.5. The number of nitrogens with zero attached hydrogens (tertiary/aromatic N) is 4. The van der Waals surface area contributed by atoms with Gasteiger partial charge in [0.25, 0.3) is 0 Å². The van der Waals surface area contributed by atoms with Crippen molar-refractivity contribution in [3.8, 4) is 11.4 Å². The summed E-state index contributed by atoms with van der Waals surface area (Å²) < 4.78 is 43.3. The van der Waals surface area contributed by atoms with E-state index in [0.29, 0.717) is 30.0 Å². The van der Waals surface area contributed by atoms with Crippen LogP contribution in [0.2, 0.25) is 0 Å². The summed E-state index contributed by atoms with van der Waals surface area (Å²) in [5.74, 6) is 0.287. The van der Waals surface area contributed by atoms with Crippen LogP contribution in [-0.4, -0.2) is 51.3 Å². The Kier molecular flexibility index (Phi) is 5.06. The number of aliphatic hydroxyl groups is 1. The monoisotopic (exact) mass is 432 g/mol. The number of halogens is 3. The maximum atomic E-state index is 12.6. The molecule has 1 aromatic heterocycles. The average Bonchev–Trinajstić information content (AvgIpc) is 3.12. The molecule has 1 saturated heterocycles. The van der Waals surface area contributed by atoms with Crippen LogP contribution in [0.4, 0.5) is 13.2 Å². The van der Waals surface area contributed by atoms with Gasteiger partial charge in [-0.1, -0.05) is 31.2 Å². The van der Waals surface area contributed by atoms with E-state index in [1.54, 1.807) is 17.9 Å². The standard InChI is InChI=1S/C22H23F3N4O2/c1-15-26-14-29(27-15)18-6-4-5-17(11-18)21(30,20(2)12-28(3)13-20)16-7-9-19(10-8-16)31-22(23,24)25/h4-11,14,30H,12-13H2,1-3H3/t21-/m1/s1. The summed E-state index contributed by atoms with van der Waals surface area (Å²) >= 11 is 0. The van der Waals surface area contributed by atoms with E-state index in [1.165, 1.54) is 24.3 Å². The van der Waals surface area contributed by atoms with Crippen molar-refractivity contribution in [1.82, 2.24) is 19.7 Å². The summed E-state index contributed by atoms with van der Waals surface area (Å²) in [4.78, 5) is 6.22. The van der Waals surface area contributed by atoms with E-state index in [2.05, 4.69) is 19.7 Å². The first-order valence-electron chi connectivity index (χ1n) is 9.77. The SMILES string of the molecule is Cc1ncn(-c2cccc([C@](O)(c3ccc(OC(F)(F)F)cc3)C3(C)CN(C)C3)c2)n1. The Morgan fingerprint density at radius 1 is 1.06 bits per heavy atom. The van der Waals surface area contributed by atoms with Crippen molar-refractivity contribution < 1.29 is 23.0 Å². The molecule has 0 aliphatic carbocycles. The Morgan fingerprint density at radius 2 is 1.74 bits per heavy atom. The van der Waals surface area contributed by atoms with Crippen molar-refractivity contribution in [1.29, 1.82) is 0 Å². The maximum Gasteiger partial charge on any atom is 0.573 e. The van der Waals surface area contributed by atoms with E-state index in [1.807, 2.05) is 38.2 Å². The first kappa shape index (κ1) is 21.3. The molecule has 1 atom stereocenters. The van der Waals surface area contributed by atoms with Crippen LogP contribution >= 0.6 is 0 Å². The number of ether oxygens (including phenoxy) is 1. The summed E-state index contributed by atoms with van der Waals surface area (Å²) in [6.45, 7) is 5.00. The van der Waals surface area contributed by atoms with Crippen LogP contribution in [0.15, 0.2) is 54.9 Å². The highest BCUT2D eigenvalue weighted by molar-refractivity contribution is 5.46. The summed E-state index contributed by atoms with van der Waals surface area (Å²) in [6.07, 6.45) is -3.18. The van der Waals surface area contributed by atoms with Crippen molar-refractivity contribution in [3.63, 3.8) is 0 Å². The summed E-state index contributed by atoms with van der Waals surface area (Å²) in [6, 6.07) is 12.7. The Morgan fingerprint density at radius 3 is 2.29 bits per heavy atom. The number of aryl methyl sites for hydroxylation is 1. The third-order valence-electron chi connectivity index (χ3n) is 5.75. The predicted molar refractivity (Wildman–Crippen MR) is 108 cm³/mol. The predicted octanol–water partition coefficient (Wildman–Crippen LogP) is 3.66. The zero-order valence-corrected chi connectivity index (χ0v) is 17.4. The molecule has 1 fully saturated rings. The van der Waals surface area contributed by atoms with E-state index >= 15 is 0 Å². The molecule has 0 unspecified atom stereocenters. The molecule has 0 radical (unpaired) electrons. The summed E-state index contributed by atoms with van der Waals surface area (Å²) in [5.41, 5.74) is -0.153. The molecular weight excluding hydrogens is 409 g/mol. The van der Waals surface area contributed by atoms with Crippen molar-refractivity contribution >= 4 is 0 Å². The van der Waals surface area contributed by atoms with Gasteiger partial charge in [-0.15, -0.1) is 13.2 Å². The van der Waals surface area contributed by atoms with Crippen LogP contribution < -0.4 is 4.74 Å². The summed E-state index contributed by atoms with van der Waals surface area (Å²) in [5, 5.41) is 16.4. The average molecular weight is 432 g/mol. The smallest absolute Gasteiger partial charge is 0.406 e. The Balaban J connectivity index is 1.78. The maximum absolute atomic E-state index is 12.6. The first-order valence-corrected chi connectivity index (χ1v) is 9.77. The van der Waals surface area contributed by atoms with Gasteiger partial charge in [-0.2, -0.15) is 5.10 Å². The fraction of sp³-hybridized carbons (Fsp3) is 0.364. The normalized spacial score (nSPS) is 18.3. The molecular formula is C22H23F3N4O2. The van der Waals surface area contributed by atoms with Crippen molar-refractivity contribution in [3.05, 3.63) is 71.8 Å². The molecule has 0 amide bonds. The zero-order valence-electron chi connectivity index (χ0n) is 17.4. The molecule has 2 aromatic carbocycles. The third kappa shape index (κ3) is 3.90. The number of aromatic nitrogens is 3. The van der Waals surface area contributed by atoms with Gasteiger partial charge in [-0.25, -0.2) is 9.67 Å². The van der Waals surface area contributed by atoms with Gasteiger partial charge in [-0.05, 0) is 49.4 Å². The highest BCUT2D eigenvalue weighted by atomic mass is 19.4. The minimum absolute atomic E-state index is 0.332. The minimum atomic E-state index is -4.77. The number of rotatable bonds is 5. The highest BCUT2D eigenvalue weighted by Gasteiger charge is 2.55. The Labute approximate surface area is 177 Å². The third-order valence-corrected chi connectivity index (χ3v) is 5.75. The number of hydrogen-bond donors (Lipinski definition) is 1. The molecule has 3 aromatic rings. The van der Waals surface area contributed by atoms with E-state index in [9.17, 15) is 18.3 Å². The molecule has 1 N–H and O–H groups in total. The molecule has 9 heteroatoms. The molecule has 0 saturated carbocycles. The van der Waals surface area contributed by atoms with Gasteiger partial charge in [0.2, 0.25) is 0 Å². The van der Waals surface area contributed by atoms with Gasteiger partial charge in [0.15, 0.2) is 0 Å². The van der Waals surface area contributed by atoms with Crippen LogP contribution in [0.5, 0.6) is 5.75 Å². The largest absolute Gasteiger partial charge is 0.573 e. The second-order valence-corrected chi connectivity index (χ2v) is 8.30. The fourth-order valence-electron chi connectivity index (χ4n) is 4.48. The topological polar surface area (TPSA) is 63.4 Å². The van der Waals surface area contributed by atoms with Gasteiger partial charge in [0.1, 0.15) is 23.5 Å². The molecule has 6 nitrogen and oxygen atoms in total. The molecule has 31 heavy (non-hydrogen) atoms. The quantitative estimate of drug-likeness (QED) is 0.667. The van der Waals surface area contributed by atoms with Gasteiger partial charge in [-0.3, -0.25) is 0 Å². The van der Waals surface area contributed by atoms with Crippen LogP contribution in [0.25, 0.3) is 5.69 Å². The lowest BCUT2D eigenvalue weighted by atomic mass is 9.62. The number of benzene rings is 2. The van der Waals surface area contributed by atoms with Crippen LogP contribution in [-0.2, 0) is 5.60 Å². The lowest BCUT2D eigenvalue weighted by Crippen LogP contribution is -2.63. The molecule has 0 bridgehead atoms. The lowest BCUT2D eigenvalue weighted by molar-refractivity contribution is -0.274. The van der Waals surface area contributed by atoms with E-state index in [0.717, 1.165) is 5.69 Å². The molecule has 0 spiro atoms. The molecule has 1 aliphatic rings. The molecule has 164 valence electrons. The van der Waals surface area contributed by atoms with Gasteiger partial charge >= 0.3 is 6.36 Å². The van der Waals surface area contributed by atoms with Crippen molar-refractivity contribution in [2.24, 2.45) is 5.41 Å². The van der Waals surface area contributed by atoms with Crippen molar-refractivity contribution in [2.75, 3.05) is 20.1 Å². The molecule has 2 heterocycles. The van der Waals surface area contributed by atoms with E-state index in [-0.39, 0.29) is 5.75 Å². The van der Waals surface area contributed by atoms with Gasteiger partial charge < -0.3 is 14.7 Å². The zero-order chi connectivity index (χ0) is 22.4. The lowest BCUT2D eigenvalue weighted by Gasteiger charge is -2.56. The minimum Gasteiger partial charge on any atom is -0.406 e. The summed E-state index contributed by atoms with van der Waals surface area (Å²) in [7, 11) is 1.96. The van der Waals surface area contributed by atoms with E-state index < -0.39 is 17.4 Å². The highest BCUT2D eigenvalue weighted by Crippen LogP contribution is 2.50. The Hall–Kier alpha value is -2.91. The number of alkyl halides is 3. The van der Waals surface area contributed by atoms with Crippen molar-refractivity contribution in [2.45, 2.75) is 25.8 Å². The Bertz CT molecular complexity index is 1070. The number of hydrogen-bond acceptors (Lipinski definition) is 5. The molecule has 1 aliphatic heterocycles. The van der Waals surface area contributed by atoms with Crippen LogP contribution in [0.3, 0.4) is 0 Å². The van der Waals surface area contributed by atoms with Gasteiger partial charge in [0.05, 0.1) is 5.69 Å². The van der Waals surface area contributed by atoms with Crippen LogP contribution in [0, 0.1) is 12.3 Å². The van der Waals surface area contributed by atoms with Crippen LogP contribution in [0.1, 0.15) is 23.9 Å². The molecule has 4 rings (SSSR count). The van der Waals surface area contributed by atoms with Gasteiger partial charge in [0, 0.05) is 18.5 Å².